The van der Waals surface area contributed by atoms with Gasteiger partial charge in [-0.05, 0) is 6.92 Å². The molecule has 11 heteroatoms. The van der Waals surface area contributed by atoms with Gasteiger partial charge in [0, 0.05) is 6.92 Å². The van der Waals surface area contributed by atoms with Crippen LogP contribution in [0.5, 0.6) is 0 Å². The monoisotopic (exact) mass is 352 g/mol. The summed E-state index contributed by atoms with van der Waals surface area (Å²) >= 11 is 0. The number of nitrogens with one attached hydrogen (secondary N) is 1. The maximum atomic E-state index is 12.2. The summed E-state index contributed by atoms with van der Waals surface area (Å²) in [7, 11) is 0. The number of ether oxygens (including phenoxy) is 2. The summed E-state index contributed by atoms with van der Waals surface area (Å²) < 4.78 is 11.8. The minimum atomic E-state index is -2.29. The van der Waals surface area contributed by atoms with Gasteiger partial charge in [0.1, 0.15) is 6.10 Å². The number of carbonyl (C=O) groups excluding carboxylic acids is 2. The largest absolute Gasteiger partial charge is 0.456 e. The first-order valence-electron chi connectivity index (χ1n) is 7.37. The second-order valence-electron chi connectivity index (χ2n) is 5.68. The molecule has 25 heavy (non-hydrogen) atoms. The Hall–Kier alpha value is -2.63. The number of rotatable bonds is 4. The molecule has 2 aromatic heterocycles. The smallest absolute Gasteiger partial charge is 0.303 e. The molecule has 1 fully saturated rings. The number of H-pyrrole nitrogens is 1. The predicted octanol–water partition coefficient (Wildman–Crippen LogP) is -1.74. The number of aromatic nitrogens is 4. The number of ketones is 1. The van der Waals surface area contributed by atoms with Gasteiger partial charge in [0.05, 0.1) is 19.3 Å². The van der Waals surface area contributed by atoms with E-state index in [0.29, 0.717) is 0 Å². The fourth-order valence-electron chi connectivity index (χ4n) is 2.93. The highest BCUT2D eigenvalue weighted by atomic mass is 16.6. The molecule has 3 N–H and O–H groups in total. The van der Waals surface area contributed by atoms with Gasteiger partial charge in [-0.3, -0.25) is 19.0 Å². The number of esters is 1. The molecule has 1 aliphatic rings. The summed E-state index contributed by atoms with van der Waals surface area (Å²) in [6.45, 7) is 1.60. The van der Waals surface area contributed by atoms with E-state index in [1.165, 1.54) is 10.9 Å². The zero-order valence-electron chi connectivity index (χ0n) is 13.4. The molecule has 11 nitrogen and oxygen atoms in total. The lowest BCUT2D eigenvalue weighted by Gasteiger charge is -2.30. The Balaban J connectivity index is 2.16. The lowest BCUT2D eigenvalue weighted by atomic mass is 9.90. The molecular formula is C14H16N4O7. The standard InChI is InChI=1S/C14H16N4O7/c1-6(20)14(23)10(24-7(2)21)8(3-19)25-13(14)18-5-17-9-11(18)15-4-16-12(9)22/h4-5,8,10,13,19,23H,3H2,1-2H3,(H,15,16,22)/t8-,10-,13-,14-/m1/s1. The molecule has 134 valence electrons. The van der Waals surface area contributed by atoms with Crippen molar-refractivity contribution in [2.24, 2.45) is 0 Å². The minimum Gasteiger partial charge on any atom is -0.456 e. The second kappa shape index (κ2) is 6.02. The van der Waals surface area contributed by atoms with Gasteiger partial charge in [-0.25, -0.2) is 9.97 Å². The van der Waals surface area contributed by atoms with E-state index in [4.69, 9.17) is 9.47 Å². The molecule has 0 aliphatic carbocycles. The van der Waals surface area contributed by atoms with Gasteiger partial charge in [-0.2, -0.15) is 0 Å². The molecule has 3 heterocycles. The van der Waals surface area contributed by atoms with Crippen molar-refractivity contribution in [2.45, 2.75) is 37.9 Å². The Morgan fingerprint density at radius 2 is 2.16 bits per heavy atom. The maximum Gasteiger partial charge on any atom is 0.303 e. The van der Waals surface area contributed by atoms with Gasteiger partial charge in [0.2, 0.25) is 5.60 Å². The van der Waals surface area contributed by atoms with E-state index in [1.54, 1.807) is 0 Å². The fraction of sp³-hybridized carbons (Fsp3) is 0.500. The van der Waals surface area contributed by atoms with Crippen molar-refractivity contribution >= 4 is 22.9 Å². The van der Waals surface area contributed by atoms with Crippen LogP contribution in [-0.2, 0) is 19.1 Å². The van der Waals surface area contributed by atoms with E-state index in [2.05, 4.69) is 15.0 Å². The molecule has 0 bridgehead atoms. The van der Waals surface area contributed by atoms with E-state index in [-0.39, 0.29) is 11.2 Å². The van der Waals surface area contributed by atoms with Gasteiger partial charge < -0.3 is 24.7 Å². The number of fused-ring (bicyclic) bond motifs is 1. The van der Waals surface area contributed by atoms with Crippen molar-refractivity contribution in [3.8, 4) is 0 Å². The van der Waals surface area contributed by atoms with Crippen LogP contribution < -0.4 is 5.56 Å². The topological polar surface area (TPSA) is 157 Å². The third kappa shape index (κ3) is 2.52. The van der Waals surface area contributed by atoms with Crippen LogP contribution in [0.25, 0.3) is 11.2 Å². The van der Waals surface area contributed by atoms with Crippen molar-refractivity contribution in [2.75, 3.05) is 6.61 Å². The maximum absolute atomic E-state index is 12.2. The number of aliphatic hydroxyl groups is 2. The van der Waals surface area contributed by atoms with E-state index >= 15 is 0 Å². The zero-order valence-corrected chi connectivity index (χ0v) is 13.4. The van der Waals surface area contributed by atoms with Crippen molar-refractivity contribution in [1.82, 2.24) is 19.5 Å². The van der Waals surface area contributed by atoms with Crippen LogP contribution in [-0.4, -0.2) is 65.9 Å². The van der Waals surface area contributed by atoms with E-state index in [0.717, 1.165) is 20.2 Å². The molecular weight excluding hydrogens is 336 g/mol. The zero-order chi connectivity index (χ0) is 18.4. The van der Waals surface area contributed by atoms with E-state index < -0.39 is 48.0 Å². The first kappa shape index (κ1) is 17.2. The third-order valence-corrected chi connectivity index (χ3v) is 4.11. The lowest BCUT2D eigenvalue weighted by molar-refractivity contribution is -0.170. The van der Waals surface area contributed by atoms with Gasteiger partial charge in [-0.15, -0.1) is 0 Å². The van der Waals surface area contributed by atoms with Crippen LogP contribution in [0.15, 0.2) is 17.4 Å². The average molecular weight is 352 g/mol. The summed E-state index contributed by atoms with van der Waals surface area (Å²) in [5.41, 5.74) is -2.76. The summed E-state index contributed by atoms with van der Waals surface area (Å²) in [6, 6.07) is 0. The number of nitrogens with zero attached hydrogens (tertiary/aromatic N) is 3. The number of aliphatic hydroxyl groups excluding tert-OH is 1. The predicted molar refractivity (Wildman–Crippen MR) is 80.3 cm³/mol. The number of carbonyl (C=O) groups is 2. The van der Waals surface area contributed by atoms with Crippen LogP contribution in [0.2, 0.25) is 0 Å². The Morgan fingerprint density at radius 1 is 1.44 bits per heavy atom. The molecule has 0 amide bonds. The number of hydrogen-bond acceptors (Lipinski definition) is 9. The van der Waals surface area contributed by atoms with Crippen molar-refractivity contribution in [3.05, 3.63) is 23.0 Å². The molecule has 0 spiro atoms. The van der Waals surface area contributed by atoms with Gasteiger partial charge >= 0.3 is 5.97 Å². The summed E-state index contributed by atoms with van der Waals surface area (Å²) in [4.78, 5) is 45.6. The van der Waals surface area contributed by atoms with E-state index in [9.17, 15) is 24.6 Å². The van der Waals surface area contributed by atoms with Crippen molar-refractivity contribution in [1.29, 1.82) is 0 Å². The fourth-order valence-corrected chi connectivity index (χ4v) is 2.93. The molecule has 3 rings (SSSR count). The van der Waals surface area contributed by atoms with Crippen LogP contribution in [0.3, 0.4) is 0 Å². The average Bonchev–Trinajstić information content (AvgIpc) is 3.09. The Labute approximate surface area is 140 Å². The lowest BCUT2D eigenvalue weighted by Crippen LogP contribution is -2.54. The van der Waals surface area contributed by atoms with Gasteiger partial charge in [-0.1, -0.05) is 0 Å². The highest BCUT2D eigenvalue weighted by Crippen LogP contribution is 2.41. The molecule has 0 saturated carbocycles. The van der Waals surface area contributed by atoms with Gasteiger partial charge in [0.25, 0.3) is 5.56 Å². The van der Waals surface area contributed by atoms with Crippen LogP contribution in [0.1, 0.15) is 20.1 Å². The highest BCUT2D eigenvalue weighted by Gasteiger charge is 2.62. The summed E-state index contributed by atoms with van der Waals surface area (Å²) in [5.74, 6) is -1.50. The first-order valence-corrected chi connectivity index (χ1v) is 7.37. The SMILES string of the molecule is CC(=O)O[C@@H]1[C@@H](CO)O[C@@H](n2cnc3c(=O)[nH]cnc32)[C@@]1(O)C(C)=O. The van der Waals surface area contributed by atoms with Crippen molar-refractivity contribution in [3.63, 3.8) is 0 Å². The Bertz CT molecular complexity index is 891. The van der Waals surface area contributed by atoms with Crippen LogP contribution in [0, 0.1) is 0 Å². The van der Waals surface area contributed by atoms with Crippen LogP contribution in [0.4, 0.5) is 0 Å². The third-order valence-electron chi connectivity index (χ3n) is 4.11. The Kier molecular flexibility index (Phi) is 4.14. The normalized spacial score (nSPS) is 29.0. The highest BCUT2D eigenvalue weighted by molar-refractivity contribution is 5.87. The second-order valence-corrected chi connectivity index (χ2v) is 5.68. The van der Waals surface area contributed by atoms with Gasteiger partial charge in [0.15, 0.2) is 29.3 Å². The number of aromatic amines is 1. The number of Topliss-reactive ketones (excluding diaryl/α,β-unsaturated/α-hetero) is 1. The first-order chi connectivity index (χ1) is 11.8. The summed E-state index contributed by atoms with van der Waals surface area (Å²) in [5, 5.41) is 20.5. The number of hydrogen-bond donors (Lipinski definition) is 3. The van der Waals surface area contributed by atoms with Crippen LogP contribution >= 0.6 is 0 Å². The molecule has 0 aromatic carbocycles. The summed E-state index contributed by atoms with van der Waals surface area (Å²) in [6.07, 6.45) is -1.67. The molecule has 4 atom stereocenters. The van der Waals surface area contributed by atoms with E-state index in [1.807, 2.05) is 0 Å². The quantitative estimate of drug-likeness (QED) is 0.543. The molecule has 1 saturated heterocycles. The molecule has 1 aliphatic heterocycles. The minimum absolute atomic E-state index is 0.0199. The molecule has 0 unspecified atom stereocenters. The van der Waals surface area contributed by atoms with Crippen molar-refractivity contribution < 1.29 is 29.3 Å². The number of imidazole rings is 1. The Morgan fingerprint density at radius 3 is 2.76 bits per heavy atom. The molecule has 2 aromatic rings. The molecule has 0 radical (unpaired) electrons.